The smallest absolute Gasteiger partial charge is 0.0548 e. The van der Waals surface area contributed by atoms with E-state index in [1.54, 1.807) is 0 Å². The maximum atomic E-state index is 2.49. The molecule has 13 rings (SSSR count). The Labute approximate surface area is 342 Å². The molecule has 0 spiro atoms. The molecule has 0 aliphatic heterocycles. The monoisotopic (exact) mass is 750 g/mol. The van der Waals surface area contributed by atoms with Crippen molar-refractivity contribution in [2.45, 2.75) is 19.3 Å². The van der Waals surface area contributed by atoms with Crippen molar-refractivity contribution in [2.75, 3.05) is 4.90 Å². The summed E-state index contributed by atoms with van der Waals surface area (Å²) in [7, 11) is 0. The summed E-state index contributed by atoms with van der Waals surface area (Å²) in [5, 5.41) is 10.6. The van der Waals surface area contributed by atoms with E-state index < -0.39 is 0 Å². The molecule has 0 fully saturated rings. The van der Waals surface area contributed by atoms with Crippen LogP contribution in [0, 0.1) is 0 Å². The van der Waals surface area contributed by atoms with Gasteiger partial charge in [0.15, 0.2) is 0 Å². The van der Waals surface area contributed by atoms with Crippen molar-refractivity contribution < 1.29 is 0 Å². The van der Waals surface area contributed by atoms with E-state index in [-0.39, 0.29) is 5.41 Å². The van der Waals surface area contributed by atoms with Crippen LogP contribution in [0.2, 0.25) is 0 Å². The quantitative estimate of drug-likeness (QED) is 0.159. The summed E-state index contributed by atoms with van der Waals surface area (Å²) in [6, 6.07) is 72.4. The van der Waals surface area contributed by atoms with Crippen LogP contribution in [0.15, 0.2) is 194 Å². The number of hydrogen-bond acceptors (Lipinski definition) is 1. The molecule has 1 aromatic heterocycles. The molecule has 11 aromatic rings. The van der Waals surface area contributed by atoms with Gasteiger partial charge in [0.1, 0.15) is 0 Å². The molecule has 1 heterocycles. The van der Waals surface area contributed by atoms with Crippen LogP contribution >= 0.6 is 0 Å². The third-order valence-corrected chi connectivity index (χ3v) is 13.5. The summed E-state index contributed by atoms with van der Waals surface area (Å²) >= 11 is 0. The van der Waals surface area contributed by atoms with Crippen molar-refractivity contribution in [2.24, 2.45) is 0 Å². The van der Waals surface area contributed by atoms with Gasteiger partial charge in [0.2, 0.25) is 0 Å². The van der Waals surface area contributed by atoms with E-state index in [1.165, 1.54) is 98.6 Å². The van der Waals surface area contributed by atoms with Crippen molar-refractivity contribution >= 4 is 71.2 Å². The number of rotatable bonds is 5. The Morgan fingerprint density at radius 1 is 0.373 bits per heavy atom. The molecule has 0 saturated heterocycles. The van der Waals surface area contributed by atoms with Gasteiger partial charge in [0, 0.05) is 44.2 Å². The van der Waals surface area contributed by atoms with Gasteiger partial charge in [-0.2, -0.15) is 0 Å². The molecule has 0 unspecified atom stereocenters. The number of benzene rings is 10. The maximum Gasteiger partial charge on any atom is 0.0548 e. The van der Waals surface area contributed by atoms with Crippen molar-refractivity contribution in [3.8, 4) is 39.1 Å². The second kappa shape index (κ2) is 11.8. The molecule has 0 atom stereocenters. The van der Waals surface area contributed by atoms with Gasteiger partial charge in [-0.25, -0.2) is 0 Å². The minimum atomic E-state index is -0.115. The lowest BCUT2D eigenvalue weighted by atomic mass is 9.82. The number of para-hydroxylation sites is 1. The molecule has 2 nitrogen and oxygen atoms in total. The first-order valence-electron chi connectivity index (χ1n) is 20.7. The van der Waals surface area contributed by atoms with Crippen LogP contribution in [-0.4, -0.2) is 4.57 Å². The van der Waals surface area contributed by atoms with E-state index in [1.807, 2.05) is 0 Å². The van der Waals surface area contributed by atoms with Crippen molar-refractivity contribution in [1.29, 1.82) is 0 Å². The van der Waals surface area contributed by atoms with Gasteiger partial charge >= 0.3 is 0 Å². The minimum Gasteiger partial charge on any atom is -0.310 e. The van der Waals surface area contributed by atoms with Gasteiger partial charge in [0.05, 0.1) is 16.7 Å². The second-order valence-corrected chi connectivity index (χ2v) is 16.9. The van der Waals surface area contributed by atoms with E-state index in [4.69, 9.17) is 0 Å². The molecule has 0 amide bonds. The Bertz CT molecular complexity index is 3570. The van der Waals surface area contributed by atoms with Gasteiger partial charge in [-0.05, 0) is 120 Å². The summed E-state index contributed by atoms with van der Waals surface area (Å²) in [6.07, 6.45) is 0. The zero-order chi connectivity index (χ0) is 39.0. The molecule has 0 N–H and O–H groups in total. The van der Waals surface area contributed by atoms with E-state index >= 15 is 0 Å². The highest BCUT2D eigenvalue weighted by molar-refractivity contribution is 6.38. The SMILES string of the molecule is CC1(C)c2ccccc2-c2ccc(N(c3ccc(-n4c5ccc6cccc7c6c5c5c6c(ccc8cccc-7c86)ccc54)cc3)c3ccccc3-c3ccccc3)cc21. The van der Waals surface area contributed by atoms with Crippen LogP contribution in [-0.2, 0) is 5.41 Å². The van der Waals surface area contributed by atoms with Crippen LogP contribution < -0.4 is 4.90 Å². The van der Waals surface area contributed by atoms with Gasteiger partial charge in [-0.3, -0.25) is 0 Å². The first kappa shape index (κ1) is 32.6. The fourth-order valence-electron chi connectivity index (χ4n) is 10.8. The summed E-state index contributed by atoms with van der Waals surface area (Å²) in [6.45, 7) is 4.73. The number of hydrogen-bond donors (Lipinski definition) is 0. The van der Waals surface area contributed by atoms with Crippen LogP contribution in [0.5, 0.6) is 0 Å². The van der Waals surface area contributed by atoms with Gasteiger partial charge < -0.3 is 9.47 Å². The predicted molar refractivity (Wildman–Crippen MR) is 250 cm³/mol. The van der Waals surface area contributed by atoms with Gasteiger partial charge in [-0.15, -0.1) is 0 Å². The average Bonchev–Trinajstić information content (AvgIpc) is 3.69. The van der Waals surface area contributed by atoms with Gasteiger partial charge in [0.25, 0.3) is 0 Å². The first-order chi connectivity index (χ1) is 29.0. The van der Waals surface area contributed by atoms with Crippen LogP contribution in [0.4, 0.5) is 17.1 Å². The molecular formula is C57H38N2. The summed E-state index contributed by atoms with van der Waals surface area (Å²) < 4.78 is 2.49. The Kier molecular flexibility index (Phi) is 6.54. The van der Waals surface area contributed by atoms with Crippen molar-refractivity contribution in [3.63, 3.8) is 0 Å². The Hall–Kier alpha value is -7.42. The topological polar surface area (TPSA) is 8.17 Å². The predicted octanol–water partition coefficient (Wildman–Crippen LogP) is 15.7. The highest BCUT2D eigenvalue weighted by Gasteiger charge is 2.36. The first-order valence-corrected chi connectivity index (χ1v) is 20.7. The normalized spacial score (nSPS) is 13.4. The van der Waals surface area contributed by atoms with E-state index in [0.717, 1.165) is 22.7 Å². The second-order valence-electron chi connectivity index (χ2n) is 16.9. The highest BCUT2D eigenvalue weighted by atomic mass is 15.1. The zero-order valence-electron chi connectivity index (χ0n) is 32.9. The fraction of sp³-hybridized carbons (Fsp3) is 0.0526. The number of anilines is 3. The molecule has 2 aliphatic rings. The number of nitrogens with zero attached hydrogens (tertiary/aromatic N) is 2. The largest absolute Gasteiger partial charge is 0.310 e. The standard InChI is InChI=1S/C57H38N2/c1-57(2)47-20-8-6-17-43(47)44-31-30-41(34-48(44)57)58(49-21-9-7-16-42(49)35-12-4-3-5-13-35)39-26-28-40(29-27-39)59-50-32-24-37-15-11-19-46-45-18-10-14-36-22-23-38-25-33-51(59)56(54(38)52(36)45)55(50)53(37)46/h3-34H,1-2H3. The Balaban J connectivity index is 1.04. The molecule has 0 saturated carbocycles. The van der Waals surface area contributed by atoms with Crippen LogP contribution in [0.3, 0.4) is 0 Å². The molecule has 276 valence electrons. The molecule has 10 aromatic carbocycles. The van der Waals surface area contributed by atoms with Crippen molar-refractivity contribution in [1.82, 2.24) is 4.57 Å². The van der Waals surface area contributed by atoms with E-state index in [2.05, 4.69) is 217 Å². The maximum absolute atomic E-state index is 2.49. The van der Waals surface area contributed by atoms with E-state index in [9.17, 15) is 0 Å². The lowest BCUT2D eigenvalue weighted by Gasteiger charge is -2.30. The van der Waals surface area contributed by atoms with Crippen LogP contribution in [0.1, 0.15) is 25.0 Å². The Morgan fingerprint density at radius 3 is 1.64 bits per heavy atom. The summed E-state index contributed by atoms with van der Waals surface area (Å²) in [4.78, 5) is 2.45. The van der Waals surface area contributed by atoms with Crippen LogP contribution in [0.25, 0.3) is 93.2 Å². The average molecular weight is 751 g/mol. The fourth-order valence-corrected chi connectivity index (χ4v) is 10.8. The molecule has 0 bridgehead atoms. The summed E-state index contributed by atoms with van der Waals surface area (Å²) in [5.41, 5.74) is 17.3. The third kappa shape index (κ3) is 4.41. The molecule has 0 radical (unpaired) electrons. The molecule has 2 heteroatoms. The van der Waals surface area contributed by atoms with E-state index in [0.29, 0.717) is 0 Å². The lowest BCUT2D eigenvalue weighted by Crippen LogP contribution is -2.17. The number of fused-ring (bicyclic) bond motifs is 4. The minimum absolute atomic E-state index is 0.115. The number of aromatic nitrogens is 1. The molecule has 59 heavy (non-hydrogen) atoms. The molecule has 2 aliphatic carbocycles. The lowest BCUT2D eigenvalue weighted by molar-refractivity contribution is 0.660. The third-order valence-electron chi connectivity index (χ3n) is 13.5. The van der Waals surface area contributed by atoms with Crippen molar-refractivity contribution in [3.05, 3.63) is 205 Å². The highest BCUT2D eigenvalue weighted by Crippen LogP contribution is 2.53. The summed E-state index contributed by atoms with van der Waals surface area (Å²) in [5.74, 6) is 0. The Morgan fingerprint density at radius 2 is 0.915 bits per heavy atom. The molecular weight excluding hydrogens is 713 g/mol. The van der Waals surface area contributed by atoms with Gasteiger partial charge in [-0.1, -0.05) is 153 Å². The zero-order valence-corrected chi connectivity index (χ0v) is 32.9.